The summed E-state index contributed by atoms with van der Waals surface area (Å²) in [6.07, 6.45) is 0. The van der Waals surface area contributed by atoms with Crippen molar-refractivity contribution in [3.63, 3.8) is 0 Å². The highest BCUT2D eigenvalue weighted by atomic mass is 32.2. The van der Waals surface area contributed by atoms with Gasteiger partial charge < -0.3 is 19.6 Å². The van der Waals surface area contributed by atoms with E-state index in [1.165, 1.54) is 0 Å². The summed E-state index contributed by atoms with van der Waals surface area (Å²) in [4.78, 5) is 16.5. The number of ether oxygens (including phenoxy) is 2. The summed E-state index contributed by atoms with van der Waals surface area (Å²) in [5.41, 5.74) is 7.71. The number of aromatic amines is 1. The summed E-state index contributed by atoms with van der Waals surface area (Å²) in [5, 5.41) is 19.4. The van der Waals surface area contributed by atoms with Crippen LogP contribution in [0.1, 0.15) is 5.56 Å². The van der Waals surface area contributed by atoms with Gasteiger partial charge in [-0.15, -0.1) is 5.10 Å². The summed E-state index contributed by atoms with van der Waals surface area (Å²) >= 11 is 1.10. The second-order valence-corrected chi connectivity index (χ2v) is 7.86. The summed E-state index contributed by atoms with van der Waals surface area (Å²) in [7, 11) is 3.16. The summed E-state index contributed by atoms with van der Waals surface area (Å²) in [6.45, 7) is 0. The number of nitrogens with two attached hydrogens (primary N) is 1. The number of nitrogen functional groups attached to an aromatic ring is 1. The normalized spacial score (nSPS) is 10.5. The van der Waals surface area contributed by atoms with Crippen LogP contribution in [0.25, 0.3) is 22.5 Å². The molecule has 4 aromatic rings. The Bertz CT molecular complexity index is 1340. The van der Waals surface area contributed by atoms with Crippen molar-refractivity contribution in [2.45, 2.75) is 5.16 Å². The van der Waals surface area contributed by atoms with Gasteiger partial charge in [0.2, 0.25) is 22.9 Å². The van der Waals surface area contributed by atoms with Gasteiger partial charge in [0.1, 0.15) is 28.9 Å². The maximum Gasteiger partial charge on any atom is 0.237 e. The second-order valence-electron chi connectivity index (χ2n) is 6.92. The predicted molar refractivity (Wildman–Crippen MR) is 128 cm³/mol. The number of anilines is 2. The Labute approximate surface area is 199 Å². The van der Waals surface area contributed by atoms with E-state index < -0.39 is 0 Å². The lowest BCUT2D eigenvalue weighted by Crippen LogP contribution is -2.14. The first-order valence-electron chi connectivity index (χ1n) is 9.98. The summed E-state index contributed by atoms with van der Waals surface area (Å²) < 4.78 is 16.5. The largest absolute Gasteiger partial charge is 0.497 e. The fourth-order valence-electron chi connectivity index (χ4n) is 3.22. The molecule has 0 saturated heterocycles. The molecule has 1 amide bonds. The van der Waals surface area contributed by atoms with E-state index in [0.717, 1.165) is 17.3 Å². The average molecular weight is 477 g/mol. The number of methoxy groups -OCH3 is 2. The first-order chi connectivity index (χ1) is 16.5. The van der Waals surface area contributed by atoms with Crippen molar-refractivity contribution in [3.05, 3.63) is 54.1 Å². The van der Waals surface area contributed by atoms with Crippen LogP contribution in [0.15, 0.2) is 58.1 Å². The molecular weight excluding hydrogens is 456 g/mol. The van der Waals surface area contributed by atoms with Crippen molar-refractivity contribution in [3.8, 4) is 40.0 Å². The molecule has 0 aliphatic heterocycles. The van der Waals surface area contributed by atoms with Gasteiger partial charge in [0.05, 0.1) is 20.0 Å². The lowest BCUT2D eigenvalue weighted by Gasteiger charge is -2.06. The Morgan fingerprint density at radius 1 is 1.12 bits per heavy atom. The van der Waals surface area contributed by atoms with Crippen LogP contribution < -0.4 is 20.5 Å². The van der Waals surface area contributed by atoms with E-state index in [1.54, 1.807) is 38.5 Å². The van der Waals surface area contributed by atoms with Crippen LogP contribution in [0.2, 0.25) is 0 Å². The molecule has 0 fully saturated rings. The van der Waals surface area contributed by atoms with E-state index >= 15 is 0 Å². The first-order valence-corrected chi connectivity index (χ1v) is 11.0. The van der Waals surface area contributed by atoms with Crippen molar-refractivity contribution < 1.29 is 18.7 Å². The number of carbonyl (C=O) groups excluding carboxylic acids is 1. The molecule has 11 heteroatoms. The molecule has 4 N–H and O–H groups in total. The molecule has 10 nitrogen and oxygen atoms in total. The van der Waals surface area contributed by atoms with E-state index in [-0.39, 0.29) is 29.1 Å². The molecule has 2 aromatic heterocycles. The highest BCUT2D eigenvalue weighted by Crippen LogP contribution is 2.42. The van der Waals surface area contributed by atoms with Gasteiger partial charge in [0, 0.05) is 11.1 Å². The van der Waals surface area contributed by atoms with Gasteiger partial charge in [-0.25, -0.2) is 5.10 Å². The summed E-state index contributed by atoms with van der Waals surface area (Å²) in [6, 6.07) is 16.6. The fourth-order valence-corrected chi connectivity index (χ4v) is 3.83. The molecule has 0 aliphatic rings. The Hall–Kier alpha value is -4.43. The Morgan fingerprint density at radius 2 is 1.74 bits per heavy atom. The SMILES string of the molecule is COc1ccc(-c2oc(NC(=O)CSc3n[nH]c(N)n3)c(C#N)c2-c2ccc(OC)cc2)cc1. The number of amides is 1. The zero-order chi connectivity index (χ0) is 24.1. The predicted octanol–water partition coefficient (Wildman–Crippen LogP) is 3.93. The van der Waals surface area contributed by atoms with Crippen LogP contribution in [0.3, 0.4) is 0 Å². The highest BCUT2D eigenvalue weighted by molar-refractivity contribution is 7.99. The van der Waals surface area contributed by atoms with Crippen LogP contribution in [-0.4, -0.2) is 41.1 Å². The molecular formula is C23H20N6O4S. The van der Waals surface area contributed by atoms with Crippen LogP contribution in [-0.2, 0) is 4.79 Å². The number of thioether (sulfide) groups is 1. The number of hydrogen-bond donors (Lipinski definition) is 3. The van der Waals surface area contributed by atoms with E-state index in [1.807, 2.05) is 24.3 Å². The van der Waals surface area contributed by atoms with Crippen LogP contribution in [0.4, 0.5) is 11.8 Å². The molecule has 172 valence electrons. The molecule has 0 unspecified atom stereocenters. The second kappa shape index (κ2) is 10.0. The maximum absolute atomic E-state index is 12.6. The average Bonchev–Trinajstić information content (AvgIpc) is 3.45. The molecule has 0 atom stereocenters. The standard InChI is InChI=1S/C23H20N6O4S/c1-31-15-7-3-13(4-8-15)19-17(11-24)21(26-18(30)12-34-23-27-22(25)28-29-23)33-20(19)14-5-9-16(32-2)10-6-14/h3-10H,12H2,1-2H3,(H,26,30)(H3,25,27,28,29). The van der Waals surface area contributed by atoms with Gasteiger partial charge in [-0.3, -0.25) is 10.1 Å². The van der Waals surface area contributed by atoms with Crippen molar-refractivity contribution in [1.29, 1.82) is 5.26 Å². The topological polar surface area (TPSA) is 152 Å². The van der Waals surface area contributed by atoms with Crippen molar-refractivity contribution in [2.75, 3.05) is 31.0 Å². The third kappa shape index (κ3) is 4.82. The number of carbonyl (C=O) groups is 1. The van der Waals surface area contributed by atoms with Gasteiger partial charge in [0.15, 0.2) is 0 Å². The number of benzene rings is 2. The number of nitriles is 1. The van der Waals surface area contributed by atoms with E-state index in [9.17, 15) is 10.1 Å². The number of aromatic nitrogens is 3. The number of nitrogens with one attached hydrogen (secondary N) is 2. The monoisotopic (exact) mass is 476 g/mol. The third-order valence-electron chi connectivity index (χ3n) is 4.82. The molecule has 0 spiro atoms. The first kappa shape index (κ1) is 22.8. The van der Waals surface area contributed by atoms with Crippen molar-refractivity contribution in [2.24, 2.45) is 0 Å². The van der Waals surface area contributed by atoms with Crippen LogP contribution >= 0.6 is 11.8 Å². The number of nitrogens with zero attached hydrogens (tertiary/aromatic N) is 3. The Kier molecular flexibility index (Phi) is 6.70. The maximum atomic E-state index is 12.6. The number of H-pyrrole nitrogens is 1. The third-order valence-corrected chi connectivity index (χ3v) is 5.67. The molecule has 0 radical (unpaired) electrons. The molecule has 0 bridgehead atoms. The van der Waals surface area contributed by atoms with Gasteiger partial charge in [-0.1, -0.05) is 23.9 Å². The quantitative estimate of drug-likeness (QED) is 0.321. The Balaban J connectivity index is 1.70. The number of hydrogen-bond acceptors (Lipinski definition) is 9. The minimum absolute atomic E-state index is 0.00139. The van der Waals surface area contributed by atoms with Crippen molar-refractivity contribution in [1.82, 2.24) is 15.2 Å². The number of rotatable bonds is 8. The molecule has 4 rings (SSSR count). The molecule has 0 saturated carbocycles. The fraction of sp³-hybridized carbons (Fsp3) is 0.130. The molecule has 2 heterocycles. The van der Waals surface area contributed by atoms with Crippen LogP contribution in [0.5, 0.6) is 11.5 Å². The molecule has 2 aromatic carbocycles. The molecule has 34 heavy (non-hydrogen) atoms. The van der Waals surface area contributed by atoms with Crippen LogP contribution in [0, 0.1) is 11.3 Å². The smallest absolute Gasteiger partial charge is 0.237 e. The van der Waals surface area contributed by atoms with Gasteiger partial charge in [0.25, 0.3) is 0 Å². The van der Waals surface area contributed by atoms with E-state index in [2.05, 4.69) is 26.6 Å². The van der Waals surface area contributed by atoms with Gasteiger partial charge in [-0.2, -0.15) is 10.2 Å². The lowest BCUT2D eigenvalue weighted by atomic mass is 9.98. The van der Waals surface area contributed by atoms with Crippen molar-refractivity contribution >= 4 is 29.5 Å². The lowest BCUT2D eigenvalue weighted by molar-refractivity contribution is -0.113. The van der Waals surface area contributed by atoms with Gasteiger partial charge >= 0.3 is 0 Å². The zero-order valence-corrected chi connectivity index (χ0v) is 19.1. The van der Waals surface area contributed by atoms with E-state index in [0.29, 0.717) is 33.5 Å². The minimum atomic E-state index is -0.388. The minimum Gasteiger partial charge on any atom is -0.497 e. The number of furan rings is 1. The summed E-state index contributed by atoms with van der Waals surface area (Å²) in [5.74, 6) is 1.62. The highest BCUT2D eigenvalue weighted by Gasteiger charge is 2.24. The zero-order valence-electron chi connectivity index (χ0n) is 18.3. The molecule has 0 aliphatic carbocycles. The van der Waals surface area contributed by atoms with Gasteiger partial charge in [-0.05, 0) is 42.0 Å². The Morgan fingerprint density at radius 3 is 2.26 bits per heavy atom. The van der Waals surface area contributed by atoms with E-state index in [4.69, 9.17) is 19.6 Å².